The molecule has 0 unspecified atom stereocenters. The zero-order valence-electron chi connectivity index (χ0n) is 10.6. The predicted molar refractivity (Wildman–Crippen MR) is 72.2 cm³/mol. The molecule has 1 fully saturated rings. The van der Waals surface area contributed by atoms with Gasteiger partial charge in [-0.1, -0.05) is 30.3 Å². The number of benzene rings is 1. The normalized spacial score (nSPS) is 17.5. The molecule has 0 saturated carbocycles. The molecule has 1 aliphatic heterocycles. The van der Waals surface area contributed by atoms with E-state index >= 15 is 0 Å². The summed E-state index contributed by atoms with van der Waals surface area (Å²) in [7, 11) is 0. The van der Waals surface area contributed by atoms with Crippen molar-refractivity contribution in [2.24, 2.45) is 5.73 Å². The van der Waals surface area contributed by atoms with Gasteiger partial charge in [0.25, 0.3) is 0 Å². The van der Waals surface area contributed by atoms with Gasteiger partial charge in [0.2, 0.25) is 5.91 Å². The number of nitrogens with two attached hydrogens (primary N) is 1. The smallest absolute Gasteiger partial charge is 0.239 e. The van der Waals surface area contributed by atoms with Crippen LogP contribution in [0.25, 0.3) is 0 Å². The first kappa shape index (κ1) is 13.1. The van der Waals surface area contributed by atoms with Crippen LogP contribution in [-0.4, -0.2) is 43.0 Å². The summed E-state index contributed by atoms with van der Waals surface area (Å²) in [6.45, 7) is 3.30. The van der Waals surface area contributed by atoms with Crippen LogP contribution in [0, 0.1) is 0 Å². The van der Waals surface area contributed by atoms with Gasteiger partial charge in [-0.25, -0.2) is 0 Å². The van der Waals surface area contributed by atoms with Crippen LogP contribution in [0.1, 0.15) is 12.0 Å². The first-order chi connectivity index (χ1) is 8.77. The maximum atomic E-state index is 12.1. The van der Waals surface area contributed by atoms with E-state index in [0.29, 0.717) is 6.42 Å². The predicted octanol–water partition coefficient (Wildman–Crippen LogP) is 0.378. The molecule has 98 valence electrons. The minimum atomic E-state index is -0.372. The third-order valence-electron chi connectivity index (χ3n) is 3.33. The minimum Gasteiger partial charge on any atom is -0.339 e. The number of hydrogen-bond donors (Lipinski definition) is 2. The van der Waals surface area contributed by atoms with Crippen molar-refractivity contribution in [3.63, 3.8) is 0 Å². The molecule has 0 radical (unpaired) electrons. The van der Waals surface area contributed by atoms with Gasteiger partial charge in [0.05, 0.1) is 6.04 Å². The standard InChI is InChI=1S/C14H21N3O/c15-13(7-6-12-4-2-1-3-5-12)14(18)17-10-8-16-9-11-17/h1-5,13,16H,6-11,15H2/t13-/m0/s1. The molecule has 1 aliphatic rings. The van der Waals surface area contributed by atoms with Gasteiger partial charge in [-0.2, -0.15) is 0 Å². The van der Waals surface area contributed by atoms with E-state index in [1.807, 2.05) is 23.1 Å². The van der Waals surface area contributed by atoms with E-state index in [0.717, 1.165) is 32.6 Å². The van der Waals surface area contributed by atoms with Gasteiger partial charge >= 0.3 is 0 Å². The third kappa shape index (κ3) is 3.55. The molecule has 3 N–H and O–H groups in total. The van der Waals surface area contributed by atoms with Gasteiger partial charge in [0.15, 0.2) is 0 Å². The van der Waals surface area contributed by atoms with E-state index in [1.54, 1.807) is 0 Å². The van der Waals surface area contributed by atoms with Gasteiger partial charge in [0.1, 0.15) is 0 Å². The van der Waals surface area contributed by atoms with Crippen molar-refractivity contribution >= 4 is 5.91 Å². The van der Waals surface area contributed by atoms with E-state index in [2.05, 4.69) is 17.4 Å². The van der Waals surface area contributed by atoms with E-state index in [-0.39, 0.29) is 11.9 Å². The molecule has 1 atom stereocenters. The van der Waals surface area contributed by atoms with Crippen molar-refractivity contribution in [3.8, 4) is 0 Å². The van der Waals surface area contributed by atoms with Crippen LogP contribution in [0.2, 0.25) is 0 Å². The zero-order chi connectivity index (χ0) is 12.8. The Hall–Kier alpha value is -1.39. The summed E-state index contributed by atoms with van der Waals surface area (Å²) in [4.78, 5) is 14.0. The highest BCUT2D eigenvalue weighted by Gasteiger charge is 2.21. The van der Waals surface area contributed by atoms with Crippen LogP contribution in [0.15, 0.2) is 30.3 Å². The lowest BCUT2D eigenvalue weighted by Gasteiger charge is -2.29. The lowest BCUT2D eigenvalue weighted by atomic mass is 10.0. The molecule has 18 heavy (non-hydrogen) atoms. The van der Waals surface area contributed by atoms with Crippen LogP contribution in [0.5, 0.6) is 0 Å². The van der Waals surface area contributed by atoms with Crippen molar-refractivity contribution in [1.82, 2.24) is 10.2 Å². The highest BCUT2D eigenvalue weighted by Crippen LogP contribution is 2.06. The number of piperazine rings is 1. The third-order valence-corrected chi connectivity index (χ3v) is 3.33. The molecule has 1 aromatic rings. The first-order valence-corrected chi connectivity index (χ1v) is 6.56. The second kappa shape index (κ2) is 6.52. The van der Waals surface area contributed by atoms with Crippen molar-refractivity contribution in [2.45, 2.75) is 18.9 Å². The van der Waals surface area contributed by atoms with Crippen LogP contribution in [0.4, 0.5) is 0 Å². The number of nitrogens with one attached hydrogen (secondary N) is 1. The Balaban J connectivity index is 1.80. The Bertz CT molecular complexity index is 374. The number of nitrogens with zero attached hydrogens (tertiary/aromatic N) is 1. The number of hydrogen-bond acceptors (Lipinski definition) is 3. The Kier molecular flexibility index (Phi) is 4.73. The van der Waals surface area contributed by atoms with Crippen molar-refractivity contribution in [3.05, 3.63) is 35.9 Å². The fourth-order valence-electron chi connectivity index (χ4n) is 2.21. The summed E-state index contributed by atoms with van der Waals surface area (Å²) < 4.78 is 0. The fraction of sp³-hybridized carbons (Fsp3) is 0.500. The number of rotatable bonds is 4. The van der Waals surface area contributed by atoms with Crippen molar-refractivity contribution in [2.75, 3.05) is 26.2 Å². The number of amides is 1. The zero-order valence-corrected chi connectivity index (χ0v) is 10.6. The summed E-state index contributed by atoms with van der Waals surface area (Å²) >= 11 is 0. The van der Waals surface area contributed by atoms with Crippen LogP contribution in [0.3, 0.4) is 0 Å². The Morgan fingerprint density at radius 2 is 1.94 bits per heavy atom. The Labute approximate surface area is 108 Å². The molecule has 2 rings (SSSR count). The molecule has 0 aliphatic carbocycles. The maximum Gasteiger partial charge on any atom is 0.239 e. The lowest BCUT2D eigenvalue weighted by Crippen LogP contribution is -2.51. The maximum absolute atomic E-state index is 12.1. The van der Waals surface area contributed by atoms with Crippen LogP contribution in [-0.2, 0) is 11.2 Å². The molecule has 1 saturated heterocycles. The van der Waals surface area contributed by atoms with Crippen molar-refractivity contribution < 1.29 is 4.79 Å². The number of aryl methyl sites for hydroxylation is 1. The van der Waals surface area contributed by atoms with Crippen molar-refractivity contribution in [1.29, 1.82) is 0 Å². The van der Waals surface area contributed by atoms with E-state index in [4.69, 9.17) is 5.73 Å². The molecule has 0 bridgehead atoms. The first-order valence-electron chi connectivity index (χ1n) is 6.56. The van der Waals surface area contributed by atoms with E-state index in [1.165, 1.54) is 5.56 Å². The SMILES string of the molecule is N[C@@H](CCc1ccccc1)C(=O)N1CCNCC1. The Morgan fingerprint density at radius 3 is 2.61 bits per heavy atom. The molecule has 1 aromatic carbocycles. The number of carbonyl (C=O) groups is 1. The van der Waals surface area contributed by atoms with Gasteiger partial charge in [-0.05, 0) is 18.4 Å². The summed E-state index contributed by atoms with van der Waals surface area (Å²) in [6.07, 6.45) is 1.58. The highest BCUT2D eigenvalue weighted by molar-refractivity contribution is 5.81. The van der Waals surface area contributed by atoms with Crippen LogP contribution >= 0.6 is 0 Å². The molecule has 4 nitrogen and oxygen atoms in total. The molecule has 4 heteroatoms. The minimum absolute atomic E-state index is 0.0902. The molecule has 0 aromatic heterocycles. The Morgan fingerprint density at radius 1 is 1.28 bits per heavy atom. The van der Waals surface area contributed by atoms with Crippen LogP contribution < -0.4 is 11.1 Å². The van der Waals surface area contributed by atoms with E-state index in [9.17, 15) is 4.79 Å². The summed E-state index contributed by atoms with van der Waals surface area (Å²) in [5, 5.41) is 3.23. The van der Waals surface area contributed by atoms with Gasteiger partial charge < -0.3 is 16.0 Å². The average Bonchev–Trinajstić information content (AvgIpc) is 2.46. The highest BCUT2D eigenvalue weighted by atomic mass is 16.2. The second-order valence-electron chi connectivity index (χ2n) is 4.71. The second-order valence-corrected chi connectivity index (χ2v) is 4.71. The topological polar surface area (TPSA) is 58.4 Å². The molecular formula is C14H21N3O. The molecule has 1 amide bonds. The molecular weight excluding hydrogens is 226 g/mol. The average molecular weight is 247 g/mol. The van der Waals surface area contributed by atoms with Gasteiger partial charge in [-0.3, -0.25) is 4.79 Å². The molecule has 0 spiro atoms. The quantitative estimate of drug-likeness (QED) is 0.808. The summed E-state index contributed by atoms with van der Waals surface area (Å²) in [5.74, 6) is 0.0902. The summed E-state index contributed by atoms with van der Waals surface area (Å²) in [5.41, 5.74) is 7.22. The monoisotopic (exact) mass is 247 g/mol. The van der Waals surface area contributed by atoms with Gasteiger partial charge in [0, 0.05) is 26.2 Å². The van der Waals surface area contributed by atoms with Gasteiger partial charge in [-0.15, -0.1) is 0 Å². The largest absolute Gasteiger partial charge is 0.339 e. The number of carbonyl (C=O) groups excluding carboxylic acids is 1. The fourth-order valence-corrected chi connectivity index (χ4v) is 2.21. The van der Waals surface area contributed by atoms with E-state index < -0.39 is 0 Å². The molecule has 1 heterocycles. The lowest BCUT2D eigenvalue weighted by molar-refractivity contribution is -0.133. The summed E-state index contributed by atoms with van der Waals surface area (Å²) in [6, 6.07) is 9.79.